The quantitative estimate of drug-likeness (QED) is 0.331. The van der Waals surface area contributed by atoms with Gasteiger partial charge in [-0.15, -0.1) is 11.8 Å². The number of nitrogens with one attached hydrogen (secondary N) is 1. The summed E-state index contributed by atoms with van der Waals surface area (Å²) in [4.78, 5) is 12.0. The lowest BCUT2D eigenvalue weighted by Gasteiger charge is -2.09. The van der Waals surface area contributed by atoms with E-state index in [9.17, 15) is 4.79 Å². The number of carbonyl (C=O) groups excluding carboxylic acids is 1. The molecule has 1 amide bonds. The van der Waals surface area contributed by atoms with Crippen LogP contribution in [0.3, 0.4) is 0 Å². The van der Waals surface area contributed by atoms with Crippen LogP contribution in [0.2, 0.25) is 5.02 Å². The van der Waals surface area contributed by atoms with Gasteiger partial charge in [0.25, 0.3) is 0 Å². The number of aryl methyl sites for hydroxylation is 1. The second kappa shape index (κ2) is 10.1. The highest BCUT2D eigenvalue weighted by Gasteiger charge is 2.10. The van der Waals surface area contributed by atoms with Crippen LogP contribution in [0.4, 0.5) is 0 Å². The molecule has 3 rings (SSSR count). The Morgan fingerprint density at radius 2 is 1.97 bits per heavy atom. The van der Waals surface area contributed by atoms with Crippen molar-refractivity contribution in [2.75, 3.05) is 5.75 Å². The predicted molar refractivity (Wildman–Crippen MR) is 126 cm³/mol. The average molecular weight is 491 g/mol. The van der Waals surface area contributed by atoms with Crippen LogP contribution in [-0.4, -0.2) is 22.4 Å². The maximum Gasteiger partial charge on any atom is 0.250 e. The van der Waals surface area contributed by atoms with E-state index in [1.165, 1.54) is 11.8 Å². The number of nitrogens with zero attached hydrogens (tertiary/aromatic N) is 2. The smallest absolute Gasteiger partial charge is 0.250 e. The molecular formula is C22H21BrClN3OS. The van der Waals surface area contributed by atoms with Crippen LogP contribution in [0.25, 0.3) is 5.69 Å². The van der Waals surface area contributed by atoms with Crippen LogP contribution >= 0.6 is 39.3 Å². The zero-order chi connectivity index (χ0) is 20.8. The number of hydrogen-bond donors (Lipinski definition) is 1. The first-order valence-electron chi connectivity index (χ1n) is 9.03. The third-order valence-electron chi connectivity index (χ3n) is 4.34. The highest BCUT2D eigenvalue weighted by Crippen LogP contribution is 2.22. The lowest BCUT2D eigenvalue weighted by molar-refractivity contribution is -0.118. The molecule has 3 aromatic rings. The van der Waals surface area contributed by atoms with Crippen LogP contribution in [0.1, 0.15) is 22.5 Å². The van der Waals surface area contributed by atoms with Gasteiger partial charge in [0.15, 0.2) is 0 Å². The number of thioether (sulfide) groups is 1. The molecule has 0 saturated carbocycles. The second-order valence-corrected chi connectivity index (χ2v) is 8.89. The van der Waals surface area contributed by atoms with Gasteiger partial charge in [-0.1, -0.05) is 45.7 Å². The molecule has 0 aliphatic heterocycles. The van der Waals surface area contributed by atoms with Crippen molar-refractivity contribution < 1.29 is 4.79 Å². The van der Waals surface area contributed by atoms with Crippen molar-refractivity contribution in [3.05, 3.63) is 86.6 Å². The molecule has 1 aromatic heterocycles. The van der Waals surface area contributed by atoms with Gasteiger partial charge in [-0.3, -0.25) is 4.79 Å². The SMILES string of the molecule is Cc1cc(/C=N\NC(=O)CSCc2ccc(Cl)cc2)c(C)n1-c1cccc(Br)c1. The number of hydrogen-bond acceptors (Lipinski definition) is 3. The Bertz CT molecular complexity index is 1030. The highest BCUT2D eigenvalue weighted by atomic mass is 79.9. The molecular weight excluding hydrogens is 470 g/mol. The van der Waals surface area contributed by atoms with Crippen LogP contribution in [-0.2, 0) is 10.5 Å². The average Bonchev–Trinajstić information content (AvgIpc) is 2.97. The fourth-order valence-corrected chi connectivity index (χ4v) is 4.27. The van der Waals surface area contributed by atoms with E-state index < -0.39 is 0 Å². The molecule has 150 valence electrons. The molecule has 4 nitrogen and oxygen atoms in total. The van der Waals surface area contributed by atoms with Crippen LogP contribution in [0.5, 0.6) is 0 Å². The molecule has 2 aromatic carbocycles. The van der Waals surface area contributed by atoms with Gasteiger partial charge in [-0.2, -0.15) is 5.10 Å². The summed E-state index contributed by atoms with van der Waals surface area (Å²) in [5.74, 6) is 0.972. The van der Waals surface area contributed by atoms with Crippen molar-refractivity contribution in [2.24, 2.45) is 5.10 Å². The summed E-state index contributed by atoms with van der Waals surface area (Å²) in [5.41, 5.74) is 7.96. The molecule has 1 heterocycles. The van der Waals surface area contributed by atoms with Crippen molar-refractivity contribution in [3.8, 4) is 5.69 Å². The fraction of sp³-hybridized carbons (Fsp3) is 0.182. The van der Waals surface area contributed by atoms with E-state index in [1.807, 2.05) is 43.3 Å². The molecule has 0 aliphatic carbocycles. The summed E-state index contributed by atoms with van der Waals surface area (Å²) in [6, 6.07) is 17.8. The standard InChI is InChI=1S/C22H21BrClN3OS/c1-15-10-18(16(2)27(15)21-5-3-4-19(23)11-21)12-25-26-22(28)14-29-13-17-6-8-20(24)9-7-17/h3-12H,13-14H2,1-2H3,(H,26,28)/b25-12-. The van der Waals surface area contributed by atoms with Crippen LogP contribution in [0.15, 0.2) is 64.2 Å². The Balaban J connectivity index is 1.55. The molecule has 0 atom stereocenters. The molecule has 0 radical (unpaired) electrons. The van der Waals surface area contributed by atoms with Gasteiger partial charge in [0, 0.05) is 37.9 Å². The van der Waals surface area contributed by atoms with Gasteiger partial charge in [0.2, 0.25) is 5.91 Å². The first-order valence-corrected chi connectivity index (χ1v) is 11.4. The first-order chi connectivity index (χ1) is 13.9. The highest BCUT2D eigenvalue weighted by molar-refractivity contribution is 9.10. The Hall–Kier alpha value is -2.02. The zero-order valence-corrected chi connectivity index (χ0v) is 19.3. The topological polar surface area (TPSA) is 46.4 Å². The van der Waals surface area contributed by atoms with Gasteiger partial charge in [0.1, 0.15) is 0 Å². The molecule has 7 heteroatoms. The molecule has 0 aliphatic rings. The maximum atomic E-state index is 12.0. The van der Waals surface area contributed by atoms with Crippen molar-refractivity contribution in [1.29, 1.82) is 0 Å². The van der Waals surface area contributed by atoms with Crippen LogP contribution < -0.4 is 5.43 Å². The summed E-state index contributed by atoms with van der Waals surface area (Å²) in [6.07, 6.45) is 1.69. The summed E-state index contributed by atoms with van der Waals surface area (Å²) >= 11 is 10.9. The van der Waals surface area contributed by atoms with E-state index in [4.69, 9.17) is 11.6 Å². The number of halogens is 2. The summed E-state index contributed by atoms with van der Waals surface area (Å²) in [7, 11) is 0. The van der Waals surface area contributed by atoms with E-state index >= 15 is 0 Å². The van der Waals surface area contributed by atoms with E-state index in [0.717, 1.165) is 38.4 Å². The largest absolute Gasteiger partial charge is 0.318 e. The molecule has 1 N–H and O–H groups in total. The number of aromatic nitrogens is 1. The maximum absolute atomic E-state index is 12.0. The molecule has 0 fully saturated rings. The normalized spacial score (nSPS) is 11.2. The fourth-order valence-electron chi connectivity index (χ4n) is 2.98. The number of amides is 1. The summed E-state index contributed by atoms with van der Waals surface area (Å²) < 4.78 is 3.19. The van der Waals surface area contributed by atoms with E-state index in [1.54, 1.807) is 6.21 Å². The van der Waals surface area contributed by atoms with E-state index in [2.05, 4.69) is 56.1 Å². The molecule has 0 unspecified atom stereocenters. The Morgan fingerprint density at radius 1 is 1.21 bits per heavy atom. The molecule has 0 bridgehead atoms. The summed E-state index contributed by atoms with van der Waals surface area (Å²) in [6.45, 7) is 4.09. The Labute approximate surface area is 188 Å². The third kappa shape index (κ3) is 5.98. The van der Waals surface area contributed by atoms with Crippen LogP contribution in [0, 0.1) is 13.8 Å². The van der Waals surface area contributed by atoms with E-state index in [0.29, 0.717) is 10.8 Å². The second-order valence-electron chi connectivity index (χ2n) is 6.55. The third-order valence-corrected chi connectivity index (χ3v) is 6.09. The van der Waals surface area contributed by atoms with Crippen molar-refractivity contribution in [3.63, 3.8) is 0 Å². The number of rotatable bonds is 7. The minimum atomic E-state index is -0.124. The molecule has 0 saturated heterocycles. The van der Waals surface area contributed by atoms with Gasteiger partial charge >= 0.3 is 0 Å². The monoisotopic (exact) mass is 489 g/mol. The van der Waals surface area contributed by atoms with Crippen molar-refractivity contribution >= 4 is 51.4 Å². The van der Waals surface area contributed by atoms with Gasteiger partial charge < -0.3 is 4.57 Å². The van der Waals surface area contributed by atoms with Crippen molar-refractivity contribution in [1.82, 2.24) is 9.99 Å². The molecule has 29 heavy (non-hydrogen) atoms. The summed E-state index contributed by atoms with van der Waals surface area (Å²) in [5, 5.41) is 4.84. The number of hydrazone groups is 1. The number of benzene rings is 2. The predicted octanol–water partition coefficient (Wildman–Crippen LogP) is 5.89. The minimum Gasteiger partial charge on any atom is -0.318 e. The Morgan fingerprint density at radius 3 is 2.69 bits per heavy atom. The Kier molecular flexibility index (Phi) is 7.58. The minimum absolute atomic E-state index is 0.124. The van der Waals surface area contributed by atoms with Gasteiger partial charge in [0.05, 0.1) is 12.0 Å². The van der Waals surface area contributed by atoms with E-state index in [-0.39, 0.29) is 5.91 Å². The zero-order valence-electron chi connectivity index (χ0n) is 16.2. The lowest BCUT2D eigenvalue weighted by Crippen LogP contribution is -2.19. The lowest BCUT2D eigenvalue weighted by atomic mass is 10.2. The number of carbonyl (C=O) groups is 1. The molecule has 0 spiro atoms. The van der Waals surface area contributed by atoms with Crippen molar-refractivity contribution in [2.45, 2.75) is 19.6 Å². The van der Waals surface area contributed by atoms with Gasteiger partial charge in [-0.25, -0.2) is 5.43 Å². The van der Waals surface area contributed by atoms with Gasteiger partial charge in [-0.05, 0) is 55.8 Å². The first kappa shape index (κ1) is 21.7.